The van der Waals surface area contributed by atoms with Crippen LogP contribution in [-0.4, -0.2) is 67.9 Å². The molecular weight excluding hydrogens is 901 g/mol. The first-order valence-corrected chi connectivity index (χ1v) is 26.7. The topological polar surface area (TPSA) is 173 Å². The predicted octanol–water partition coefficient (Wildman–Crippen LogP) is 16.3. The lowest BCUT2D eigenvalue weighted by Crippen LogP contribution is -2.15. The van der Waals surface area contributed by atoms with Gasteiger partial charge in [-0.15, -0.1) is 0 Å². The first kappa shape index (κ1) is 72.9. The van der Waals surface area contributed by atoms with Gasteiger partial charge in [0.05, 0.1) is 13.2 Å². The van der Waals surface area contributed by atoms with Crippen molar-refractivity contribution in [3.8, 4) is 0 Å². The zero-order valence-corrected chi connectivity index (χ0v) is 44.7. The molecule has 0 fully saturated rings. The quantitative estimate of drug-likeness (QED) is 0.0198. The van der Waals surface area contributed by atoms with Crippen molar-refractivity contribution in [3.63, 3.8) is 0 Å². The van der Waals surface area contributed by atoms with E-state index in [-0.39, 0.29) is 13.2 Å². The van der Waals surface area contributed by atoms with E-state index in [2.05, 4.69) is 57.2 Å². The highest BCUT2D eigenvalue weighted by Crippen LogP contribution is 2.10. The number of aliphatic hydroxyl groups excluding tert-OH is 3. The van der Waals surface area contributed by atoms with Crippen molar-refractivity contribution in [2.24, 2.45) is 0 Å². The Morgan fingerprint density at radius 2 is 0.472 bits per heavy atom. The largest absolute Gasteiger partial charge is 0.478 e. The second-order valence-electron chi connectivity index (χ2n) is 16.6. The molecule has 404 valence electrons. The second kappa shape index (κ2) is 69.6. The molecule has 0 rings (SSSR count). The van der Waals surface area contributed by atoms with E-state index in [1.165, 1.54) is 153 Å². The smallest absolute Gasteiger partial charge is 0.328 e. The van der Waals surface area contributed by atoms with Gasteiger partial charge >= 0.3 is 17.9 Å². The summed E-state index contributed by atoms with van der Waals surface area (Å²) in [6.45, 7) is 6.02. The summed E-state index contributed by atoms with van der Waals surface area (Å²) in [6.07, 6.45) is 85.3. The van der Waals surface area contributed by atoms with E-state index < -0.39 is 24.0 Å². The first-order chi connectivity index (χ1) is 35.1. The van der Waals surface area contributed by atoms with Crippen LogP contribution in [0.25, 0.3) is 0 Å². The summed E-state index contributed by atoms with van der Waals surface area (Å²) in [5.74, 6) is -2.79. The highest BCUT2D eigenvalue weighted by molar-refractivity contribution is 5.80. The zero-order valence-electron chi connectivity index (χ0n) is 44.7. The van der Waals surface area contributed by atoms with E-state index in [4.69, 9.17) is 30.6 Å². The lowest BCUT2D eigenvalue weighted by molar-refractivity contribution is -0.132. The molecule has 0 radical (unpaired) electrons. The van der Waals surface area contributed by atoms with Crippen LogP contribution in [-0.2, 0) is 14.4 Å². The third-order valence-corrected chi connectivity index (χ3v) is 9.80. The molecule has 6 N–H and O–H groups in total. The molecule has 0 unspecified atom stereocenters. The van der Waals surface area contributed by atoms with Crippen LogP contribution in [0, 0.1) is 0 Å². The number of carboxylic acids is 3. The lowest BCUT2D eigenvalue weighted by Gasteiger charge is -1.98. The first-order valence-electron chi connectivity index (χ1n) is 26.7. The fourth-order valence-electron chi connectivity index (χ4n) is 5.81. The summed E-state index contributed by atoms with van der Waals surface area (Å²) in [4.78, 5) is 30.6. The predicted molar refractivity (Wildman–Crippen MR) is 308 cm³/mol. The van der Waals surface area contributed by atoms with Gasteiger partial charge in [-0.05, 0) is 38.5 Å². The molecule has 0 saturated heterocycles. The van der Waals surface area contributed by atoms with Crippen LogP contribution < -0.4 is 0 Å². The Morgan fingerprint density at radius 3 is 0.653 bits per heavy atom. The maximum atomic E-state index is 10.2. The van der Waals surface area contributed by atoms with E-state index >= 15 is 0 Å². The Kier molecular flexibility index (Phi) is 70.5. The number of aliphatic hydroxyl groups is 3. The molecule has 0 aliphatic rings. The van der Waals surface area contributed by atoms with Crippen LogP contribution in [0.15, 0.2) is 182 Å². The van der Waals surface area contributed by atoms with Crippen molar-refractivity contribution in [2.75, 3.05) is 13.2 Å². The Balaban J connectivity index is -0.000000454. The molecule has 0 aliphatic heterocycles. The van der Waals surface area contributed by atoms with Gasteiger partial charge in [0.15, 0.2) is 0 Å². The van der Waals surface area contributed by atoms with Gasteiger partial charge in [-0.3, -0.25) is 0 Å². The molecule has 0 amide bonds. The summed E-state index contributed by atoms with van der Waals surface area (Å²) in [7, 11) is 0. The summed E-state index contributed by atoms with van der Waals surface area (Å²) in [5.41, 5.74) is 0. The van der Waals surface area contributed by atoms with Crippen LogP contribution in [0.3, 0.4) is 0 Å². The van der Waals surface area contributed by atoms with Crippen LogP contribution in [0.5, 0.6) is 0 Å². The number of aliphatic carboxylic acids is 3. The molecule has 0 bridgehead atoms. The van der Waals surface area contributed by atoms with E-state index in [9.17, 15) is 14.4 Å². The molecule has 0 heterocycles. The summed E-state index contributed by atoms with van der Waals surface area (Å²) >= 11 is 0. The summed E-state index contributed by atoms with van der Waals surface area (Å²) < 4.78 is 0. The molecule has 0 aliphatic carbocycles. The number of rotatable bonds is 41. The van der Waals surface area contributed by atoms with Crippen LogP contribution in [0.2, 0.25) is 0 Å². The van der Waals surface area contributed by atoms with E-state index in [1.807, 2.05) is 72.9 Å². The molecule has 0 aromatic carbocycles. The number of hydrogen-bond donors (Lipinski definition) is 6. The fourth-order valence-corrected chi connectivity index (χ4v) is 5.81. The number of allylic oxidation sites excluding steroid dienone is 27. The van der Waals surface area contributed by atoms with Crippen molar-refractivity contribution in [1.82, 2.24) is 0 Å². The standard InChI is InChI=1S/3C20H30O2.C3H8O3/c3*1-2-3-4-5-6-7-8-9-10-11-12-13-14-15-16-17-18-19-20(21)22;4-1-3(6)2-5/h3*10-19H,2-9H2,1H3,(H,21,22);3-6H,1-2H2. The average molecular weight is 999 g/mol. The van der Waals surface area contributed by atoms with Crippen LogP contribution in [0.4, 0.5) is 0 Å². The Labute approximate surface area is 437 Å². The third-order valence-electron chi connectivity index (χ3n) is 9.80. The Hall–Kier alpha value is -5.61. The fraction of sp³-hybridized carbons (Fsp3) is 0.476. The molecule has 0 atom stereocenters. The minimum absolute atomic E-state index is 0.365. The molecule has 0 aromatic heterocycles. The lowest BCUT2D eigenvalue weighted by atomic mass is 10.1. The van der Waals surface area contributed by atoms with Crippen LogP contribution >= 0.6 is 0 Å². The average Bonchev–Trinajstić information content (AvgIpc) is 3.36. The number of carboxylic acid groups (broad SMARTS) is 3. The summed E-state index contributed by atoms with van der Waals surface area (Å²) in [5, 5.41) is 49.2. The van der Waals surface area contributed by atoms with Gasteiger partial charge < -0.3 is 30.6 Å². The molecule has 0 aromatic rings. The van der Waals surface area contributed by atoms with Crippen molar-refractivity contribution in [1.29, 1.82) is 0 Å². The third kappa shape index (κ3) is 84.3. The van der Waals surface area contributed by atoms with E-state index in [0.29, 0.717) is 0 Å². The Bertz CT molecular complexity index is 1470. The van der Waals surface area contributed by atoms with Gasteiger partial charge in [-0.2, -0.15) is 0 Å². The maximum absolute atomic E-state index is 10.2. The van der Waals surface area contributed by atoms with Crippen LogP contribution in [0.1, 0.15) is 175 Å². The normalized spacial score (nSPS) is 12.5. The van der Waals surface area contributed by atoms with Crippen molar-refractivity contribution >= 4 is 17.9 Å². The van der Waals surface area contributed by atoms with Gasteiger partial charge in [0.25, 0.3) is 0 Å². The number of unbranched alkanes of at least 4 members (excludes halogenated alkanes) is 21. The van der Waals surface area contributed by atoms with Crippen molar-refractivity contribution in [3.05, 3.63) is 182 Å². The number of carbonyl (C=O) groups is 3. The zero-order chi connectivity index (χ0) is 53.9. The second-order valence-corrected chi connectivity index (χ2v) is 16.6. The monoisotopic (exact) mass is 999 g/mol. The van der Waals surface area contributed by atoms with Crippen molar-refractivity contribution in [2.45, 2.75) is 181 Å². The molecular formula is C63H98O9. The molecule has 9 heteroatoms. The minimum Gasteiger partial charge on any atom is -0.478 e. The van der Waals surface area contributed by atoms with Gasteiger partial charge in [0.2, 0.25) is 0 Å². The highest BCUT2D eigenvalue weighted by Gasteiger charge is 1.94. The van der Waals surface area contributed by atoms with Gasteiger partial charge in [-0.1, -0.05) is 300 Å². The molecule has 0 saturated carbocycles. The van der Waals surface area contributed by atoms with Gasteiger partial charge in [-0.25, -0.2) is 14.4 Å². The molecule has 72 heavy (non-hydrogen) atoms. The summed E-state index contributed by atoms with van der Waals surface area (Å²) in [6, 6.07) is 0. The Morgan fingerprint density at radius 1 is 0.292 bits per heavy atom. The van der Waals surface area contributed by atoms with E-state index in [0.717, 1.165) is 37.5 Å². The maximum Gasteiger partial charge on any atom is 0.328 e. The van der Waals surface area contributed by atoms with Gasteiger partial charge in [0.1, 0.15) is 6.10 Å². The minimum atomic E-state index is -0.954. The highest BCUT2D eigenvalue weighted by atomic mass is 16.4. The van der Waals surface area contributed by atoms with Gasteiger partial charge in [0, 0.05) is 18.2 Å². The van der Waals surface area contributed by atoms with E-state index in [1.54, 1.807) is 36.5 Å². The molecule has 9 nitrogen and oxygen atoms in total. The van der Waals surface area contributed by atoms with Crippen molar-refractivity contribution < 1.29 is 45.0 Å². The number of hydrogen-bond acceptors (Lipinski definition) is 6. The molecule has 0 spiro atoms. The SMILES string of the molecule is CCCCCCCCCC=CC=CC=CC=CC=CC(=O)O.CCCCCCCCCC=CC=CC=CC=CC=CC(=O)O.CCCCCCCCCC=CC=CC=CC=CC=CC(=O)O.OCC(O)CO.